The van der Waals surface area contributed by atoms with Gasteiger partial charge >= 0.3 is 0 Å². The van der Waals surface area contributed by atoms with Gasteiger partial charge in [-0.05, 0) is 97.1 Å². The van der Waals surface area contributed by atoms with E-state index >= 15 is 0 Å². The quantitative estimate of drug-likeness (QED) is 0.169. The van der Waals surface area contributed by atoms with Crippen molar-refractivity contribution in [1.29, 1.82) is 0 Å². The second kappa shape index (κ2) is 12.1. The summed E-state index contributed by atoms with van der Waals surface area (Å²) in [6, 6.07) is -39.1. The zero-order valence-electron chi connectivity index (χ0n) is 61.9. The first-order valence-corrected chi connectivity index (χ1v) is 14.4. The van der Waals surface area contributed by atoms with Crippen molar-refractivity contribution in [1.82, 2.24) is 0 Å². The molecule has 0 bridgehead atoms. The summed E-state index contributed by atoms with van der Waals surface area (Å²) in [6.45, 7) is -8.43. The van der Waals surface area contributed by atoms with E-state index in [4.69, 9.17) is 23.3 Å². The molecular weight excluding hydrogens is 603 g/mol. The summed E-state index contributed by atoms with van der Waals surface area (Å²) >= 11 is 0. The Morgan fingerprint density at radius 2 is 1.00 bits per heavy atom. The summed E-state index contributed by atoms with van der Waals surface area (Å²) in [7, 11) is 0. The fraction of sp³-hybridized carbons (Fsp3) is 0.0612. The molecular formula is C49H37N. The van der Waals surface area contributed by atoms with E-state index in [-0.39, 0.29) is 4.90 Å². The van der Waals surface area contributed by atoms with E-state index in [1.54, 1.807) is 0 Å². The van der Waals surface area contributed by atoms with E-state index in [0.29, 0.717) is 0 Å². The van der Waals surface area contributed by atoms with E-state index in [2.05, 4.69) is 0 Å². The van der Waals surface area contributed by atoms with Crippen molar-refractivity contribution in [3.05, 3.63) is 198 Å². The molecule has 0 saturated carbocycles. The molecule has 0 fully saturated rings. The summed E-state index contributed by atoms with van der Waals surface area (Å²) in [5.74, 6) is 0. The lowest BCUT2D eigenvalue weighted by atomic mass is 9.67. The molecule has 0 spiro atoms. The molecule has 238 valence electrons. The SMILES string of the molecule is [2H]c1c([2H])c([2H])c(-c2c([2H])c([2H])c(N(c3c([2H])c([2H])c([2H])c(-c4c([2H])c([2H])c([2H])c([2H])c4[2H])c3[2H])c3c([2H])c([2H])c4c([2H])c([2H])c([2H])c5c4c3-c3c([2H])c(-c4c([2H])c([2H])c([2H])c([2H])c4[2H])c([2H])c([2H])c3C5(C([2H])([2H])[2H])C([2H])([2H])[2H])c([2H])c2[2H])c([2H])c1[2H]. The van der Waals surface area contributed by atoms with Crippen LogP contribution < -0.4 is 4.90 Å². The molecule has 0 heterocycles. The van der Waals surface area contributed by atoms with Crippen LogP contribution in [0.2, 0.25) is 0 Å². The molecule has 0 saturated heterocycles. The molecule has 1 nitrogen and oxygen atoms in total. The Balaban J connectivity index is 1.70. The first-order valence-electron chi connectivity index (χ1n) is 32.9. The van der Waals surface area contributed by atoms with Gasteiger partial charge in [0.2, 0.25) is 0 Å². The lowest BCUT2D eigenvalue weighted by molar-refractivity contribution is 0.645. The van der Waals surface area contributed by atoms with Crippen LogP contribution in [-0.2, 0) is 5.41 Å². The van der Waals surface area contributed by atoms with E-state index < -0.39 is 290 Å². The van der Waals surface area contributed by atoms with E-state index in [0.717, 1.165) is 0 Å². The van der Waals surface area contributed by atoms with Crippen molar-refractivity contribution in [3.63, 3.8) is 0 Å². The fourth-order valence-electron chi connectivity index (χ4n) is 5.44. The van der Waals surface area contributed by atoms with Crippen molar-refractivity contribution in [2.45, 2.75) is 19.1 Å². The molecule has 0 atom stereocenters. The van der Waals surface area contributed by atoms with Gasteiger partial charge in [-0.15, -0.1) is 0 Å². The highest BCUT2D eigenvalue weighted by Crippen LogP contribution is 2.54. The van der Waals surface area contributed by atoms with Crippen LogP contribution in [0.25, 0.3) is 55.3 Å². The minimum atomic E-state index is -4.22. The molecule has 8 aromatic carbocycles. The topological polar surface area (TPSA) is 3.24 Å². The zero-order valence-corrected chi connectivity index (χ0v) is 24.9. The second-order valence-corrected chi connectivity index (χ2v) is 10.5. The van der Waals surface area contributed by atoms with Crippen LogP contribution in [0.4, 0.5) is 17.1 Å². The zero-order chi connectivity index (χ0) is 65.6. The molecule has 50 heavy (non-hydrogen) atoms. The lowest BCUT2D eigenvalue weighted by Crippen LogP contribution is -2.24. The molecule has 9 rings (SSSR count). The Labute approximate surface area is 346 Å². The van der Waals surface area contributed by atoms with Gasteiger partial charge in [0.05, 0.1) is 48.2 Å². The van der Waals surface area contributed by atoms with E-state index in [1.165, 1.54) is 0 Å². The minimum absolute atomic E-state index is 0.164. The number of anilines is 3. The smallest absolute Gasteiger partial charge is 0.0651 e. The van der Waals surface area contributed by atoms with Gasteiger partial charge in [-0.2, -0.15) is 0 Å². The molecule has 0 amide bonds. The molecule has 0 aliphatic heterocycles. The first kappa shape index (κ1) is 10.2. The maximum atomic E-state index is 10.2. The van der Waals surface area contributed by atoms with E-state index in [9.17, 15) is 27.4 Å². The summed E-state index contributed by atoms with van der Waals surface area (Å²) in [5.41, 5.74) is -20.2. The maximum Gasteiger partial charge on any atom is 0.0651 e. The van der Waals surface area contributed by atoms with Crippen molar-refractivity contribution in [2.24, 2.45) is 0 Å². The Morgan fingerprint density at radius 3 is 1.66 bits per heavy atom. The first-order chi connectivity index (χ1) is 40.0. The van der Waals surface area contributed by atoms with E-state index in [1.807, 2.05) is 0 Å². The normalized spacial score (nSPS) is 23.7. The average Bonchev–Trinajstić information content (AvgIpc) is 0.657. The molecule has 1 aliphatic rings. The fourth-order valence-corrected chi connectivity index (χ4v) is 5.44. The van der Waals surface area contributed by atoms with Crippen LogP contribution in [0, 0.1) is 0 Å². The van der Waals surface area contributed by atoms with Crippen molar-refractivity contribution >= 4 is 27.8 Å². The van der Waals surface area contributed by atoms with Crippen molar-refractivity contribution in [2.75, 3.05) is 4.90 Å². The Hall–Kier alpha value is -6.18. The molecule has 1 heteroatoms. The van der Waals surface area contributed by atoms with Crippen molar-refractivity contribution in [3.8, 4) is 44.5 Å². The van der Waals surface area contributed by atoms with Gasteiger partial charge in [0.15, 0.2) is 0 Å². The highest BCUT2D eigenvalue weighted by molar-refractivity contribution is 6.10. The number of rotatable bonds is 6. The van der Waals surface area contributed by atoms with Crippen LogP contribution in [0.15, 0.2) is 187 Å². The van der Waals surface area contributed by atoms with Crippen LogP contribution in [0.5, 0.6) is 0 Å². The molecule has 8 aromatic rings. The third-order valence-corrected chi connectivity index (χ3v) is 7.62. The molecule has 0 unspecified atom stereocenters. The Morgan fingerprint density at radius 1 is 0.440 bits per heavy atom. The van der Waals surface area contributed by atoms with Gasteiger partial charge in [0, 0.05) is 30.6 Å². The Bertz CT molecular complexity index is 4370. The number of hydrogen-bond donors (Lipinski definition) is 0. The number of nitrogens with zero attached hydrogens (tertiary/aromatic N) is 1. The highest BCUT2D eigenvalue weighted by atomic mass is 15.1. The summed E-state index contributed by atoms with van der Waals surface area (Å²) < 4.78 is 337. The predicted molar refractivity (Wildman–Crippen MR) is 213 cm³/mol. The lowest BCUT2D eigenvalue weighted by Gasteiger charge is -2.38. The number of hydrogen-bond acceptors (Lipinski definition) is 1. The van der Waals surface area contributed by atoms with Gasteiger partial charge in [0.25, 0.3) is 0 Å². The van der Waals surface area contributed by atoms with Crippen LogP contribution in [0.3, 0.4) is 0 Å². The summed E-state index contributed by atoms with van der Waals surface area (Å²) in [6.07, 6.45) is 0. The van der Waals surface area contributed by atoms with Crippen LogP contribution >= 0.6 is 0 Å². The van der Waals surface area contributed by atoms with Gasteiger partial charge < -0.3 is 4.90 Å². The predicted octanol–water partition coefficient (Wildman–Crippen LogP) is 13.6. The maximum absolute atomic E-state index is 10.2. The average molecular weight is 677 g/mol. The van der Waals surface area contributed by atoms with Crippen molar-refractivity contribution < 1.29 is 50.7 Å². The molecule has 0 aromatic heterocycles. The summed E-state index contributed by atoms with van der Waals surface area (Å²) in [5, 5.41) is -2.31. The standard InChI is InChI=1S/C49H37N/c1-49(2)44-30-26-40(36-18-10-5-11-19-36)33-43(44)48-46(31-27-38-20-13-23-45(49)47(38)48)50(41-28-24-37(25-29-41)34-14-6-3-7-15-34)42-22-12-21-39(32-42)35-16-8-4-9-17-35/h3-33H,1-2H3/i1D3,2D3,3D,4D,5D,6D,7D,8D,9D,10D,11D,12D,13D,14D,15D,16D,17D,18D,19D,20D,21D,22D,23D,24D,25D,26D,27D,28D,29D,30D,31D,32D,33D. The van der Waals surface area contributed by atoms with Gasteiger partial charge in [-0.25, -0.2) is 0 Å². The third-order valence-electron chi connectivity index (χ3n) is 7.62. The van der Waals surface area contributed by atoms with Gasteiger partial charge in [-0.1, -0.05) is 165 Å². The molecule has 0 radical (unpaired) electrons. The summed E-state index contributed by atoms with van der Waals surface area (Å²) in [4.78, 5) is 0.164. The Kier molecular flexibility index (Phi) is 2.46. The van der Waals surface area contributed by atoms with Gasteiger partial charge in [-0.3, -0.25) is 0 Å². The number of benzene rings is 8. The largest absolute Gasteiger partial charge is 0.310 e. The molecule has 0 N–H and O–H groups in total. The third kappa shape index (κ3) is 5.02. The molecule has 1 aliphatic carbocycles. The van der Waals surface area contributed by atoms with Crippen LogP contribution in [-0.4, -0.2) is 0 Å². The van der Waals surface area contributed by atoms with Gasteiger partial charge in [0.1, 0.15) is 0 Å². The monoisotopic (exact) mass is 677 g/mol. The van der Waals surface area contributed by atoms with Crippen LogP contribution in [0.1, 0.15) is 75.5 Å². The minimum Gasteiger partial charge on any atom is -0.310 e. The number of fused-ring (bicyclic) bond motifs is 2. The highest BCUT2D eigenvalue weighted by Gasteiger charge is 2.36. The second-order valence-electron chi connectivity index (χ2n) is 10.5.